The first kappa shape index (κ1) is 26.2. The maximum absolute atomic E-state index is 11.8. The van der Waals surface area contributed by atoms with Gasteiger partial charge in [-0.05, 0) is 49.6 Å². The molecule has 14 heteroatoms. The topological polar surface area (TPSA) is 198 Å². The zero-order valence-corrected chi connectivity index (χ0v) is 20.4. The quantitative estimate of drug-likeness (QED) is 0.0890. The van der Waals surface area contributed by atoms with E-state index in [1.807, 2.05) is 0 Å². The second kappa shape index (κ2) is 9.80. The Morgan fingerprint density at radius 2 is 1.73 bits per heavy atom. The first-order chi connectivity index (χ1) is 14.9. The van der Waals surface area contributed by atoms with Gasteiger partial charge in [0.25, 0.3) is 10.1 Å². The van der Waals surface area contributed by atoms with Crippen LogP contribution in [-0.4, -0.2) is 34.0 Å². The van der Waals surface area contributed by atoms with Crippen molar-refractivity contribution in [2.24, 2.45) is 15.2 Å². The van der Waals surface area contributed by atoms with E-state index in [1.54, 1.807) is 6.92 Å². The average molecular weight is 482 g/mol. The summed E-state index contributed by atoms with van der Waals surface area (Å²) in [5.41, 5.74) is -0.591. The van der Waals surface area contributed by atoms with Crippen LogP contribution in [0.5, 0.6) is 11.5 Å². The van der Waals surface area contributed by atoms with Crippen LogP contribution >= 0.6 is 0 Å². The van der Waals surface area contributed by atoms with E-state index in [0.29, 0.717) is 5.56 Å². The molecule has 166 valence electrons. The summed E-state index contributed by atoms with van der Waals surface area (Å²) in [7, 11) is -4.78. The molecule has 0 amide bonds. The fourth-order valence-electron chi connectivity index (χ4n) is 2.98. The Hall–Kier alpha value is -3.10. The van der Waals surface area contributed by atoms with Crippen LogP contribution in [0.3, 0.4) is 0 Å². The first-order valence-electron chi connectivity index (χ1n) is 8.77. The van der Waals surface area contributed by atoms with Gasteiger partial charge in [-0.1, -0.05) is 0 Å². The molecule has 0 bridgehead atoms. The van der Waals surface area contributed by atoms with E-state index >= 15 is 0 Å². The molecule has 0 heterocycles. The van der Waals surface area contributed by atoms with Gasteiger partial charge in [0.1, 0.15) is 22.0 Å². The van der Waals surface area contributed by atoms with Crippen LogP contribution < -0.4 is 34.7 Å². The number of hydrogen-bond acceptors (Lipinski definition) is 10. The number of rotatable bonds is 5. The molecule has 0 aliphatic heterocycles. The number of nitro benzene ring substituents is 1. The van der Waals surface area contributed by atoms with Gasteiger partial charge in [-0.3, -0.25) is 19.7 Å². The number of benzene rings is 3. The van der Waals surface area contributed by atoms with Crippen LogP contribution in [0.1, 0.15) is 12.5 Å². The Morgan fingerprint density at radius 1 is 1.06 bits per heavy atom. The summed E-state index contributed by atoms with van der Waals surface area (Å²) in [6, 6.07) is 7.06. The van der Waals surface area contributed by atoms with Gasteiger partial charge in [0, 0.05) is 22.9 Å². The van der Waals surface area contributed by atoms with E-state index in [-0.39, 0.29) is 57.4 Å². The van der Waals surface area contributed by atoms with Gasteiger partial charge in [0.15, 0.2) is 0 Å². The smallest absolute Gasteiger partial charge is 0.862 e. The summed E-state index contributed by atoms with van der Waals surface area (Å²) >= 11 is 0. The Labute approximate surface area is 209 Å². The van der Waals surface area contributed by atoms with E-state index in [9.17, 15) is 38.4 Å². The number of nitro groups is 1. The van der Waals surface area contributed by atoms with Gasteiger partial charge in [0.2, 0.25) is 5.75 Å². The van der Waals surface area contributed by atoms with Gasteiger partial charge in [-0.25, -0.2) is 0 Å². The summed E-state index contributed by atoms with van der Waals surface area (Å²) in [5.74, 6) is -1.97. The van der Waals surface area contributed by atoms with Gasteiger partial charge < -0.3 is 15.3 Å². The van der Waals surface area contributed by atoms with E-state index in [1.165, 1.54) is 31.2 Å². The molecule has 0 aliphatic carbocycles. The number of fused-ring (bicyclic) bond motifs is 1. The van der Waals surface area contributed by atoms with Crippen LogP contribution in [0, 0.1) is 17.0 Å². The van der Waals surface area contributed by atoms with Crippen molar-refractivity contribution in [3.8, 4) is 11.5 Å². The minimum Gasteiger partial charge on any atom is -0.862 e. The standard InChI is InChI=1S/C19H16N4O8S.Na/c1-9-5-14(19(26)15(6-9)23(27)28)21-22-18-12-4-3-11(20-10(2)24)7-13(12)17(8-16(18)25)32(29,30)31;/h3-8,25-26H,1-2H3,(H,20,24)(H,29,30,31);/q;+1/p-1. The molecule has 3 aromatic rings. The molecule has 0 fully saturated rings. The maximum Gasteiger partial charge on any atom is 1.00 e. The summed E-state index contributed by atoms with van der Waals surface area (Å²) in [6.45, 7) is 2.73. The Balaban J connectivity index is 0.00000385. The summed E-state index contributed by atoms with van der Waals surface area (Å²) in [4.78, 5) is 13.3. The maximum atomic E-state index is 11.8. The van der Waals surface area contributed by atoms with Crippen molar-refractivity contribution < 1.29 is 62.8 Å². The number of aliphatic imine (C=N–C) groups is 1. The number of hydrogen-bond donors (Lipinski definition) is 3. The Kier molecular flexibility index (Phi) is 7.77. The minimum absolute atomic E-state index is 0. The number of phenolic OH excluding ortho intramolecular Hbond substituents is 2. The number of aromatic hydroxyl groups is 2. The monoisotopic (exact) mass is 482 g/mol. The van der Waals surface area contributed by atoms with Crippen molar-refractivity contribution in [1.29, 1.82) is 0 Å². The minimum atomic E-state index is -4.78. The first-order valence-corrected chi connectivity index (χ1v) is 10.2. The molecule has 0 atom stereocenters. The van der Waals surface area contributed by atoms with Crippen molar-refractivity contribution in [2.75, 3.05) is 0 Å². The second-order valence-corrected chi connectivity index (χ2v) is 8.08. The second-order valence-electron chi connectivity index (χ2n) is 6.69. The van der Waals surface area contributed by atoms with Gasteiger partial charge in [-0.15, -0.1) is 10.2 Å². The molecule has 0 aliphatic rings. The number of azo groups is 1. The van der Waals surface area contributed by atoms with Crippen LogP contribution in [0.15, 0.2) is 56.5 Å². The van der Waals surface area contributed by atoms with Crippen LogP contribution in [0.4, 0.5) is 22.7 Å². The SMILES string of the molecule is CC([O-])=Nc1ccc2c(N=Nc3cc(C)cc([N+](=O)[O-])c3O)c(O)cc(S(=O)(=O)O)c2c1.[Na+]. The molecule has 0 spiro atoms. The summed E-state index contributed by atoms with van der Waals surface area (Å²) < 4.78 is 33.2. The van der Waals surface area contributed by atoms with E-state index in [0.717, 1.165) is 12.1 Å². The number of aryl methyl sites for hydroxylation is 1. The third-order valence-electron chi connectivity index (χ3n) is 4.27. The molecule has 0 unspecified atom stereocenters. The summed E-state index contributed by atoms with van der Waals surface area (Å²) in [6.07, 6.45) is 0. The zero-order chi connectivity index (χ0) is 23.8. The Bertz CT molecular complexity index is 1430. The fourth-order valence-corrected chi connectivity index (χ4v) is 3.69. The molecular formula is C19H15N4NaO8S. The molecule has 12 nitrogen and oxygen atoms in total. The van der Waals surface area contributed by atoms with Crippen LogP contribution in [0.2, 0.25) is 0 Å². The number of phenols is 2. The molecule has 0 aromatic heterocycles. The van der Waals surface area contributed by atoms with E-state index in [4.69, 9.17) is 0 Å². The fraction of sp³-hybridized carbons (Fsp3) is 0.105. The molecule has 0 saturated heterocycles. The Morgan fingerprint density at radius 3 is 2.30 bits per heavy atom. The van der Waals surface area contributed by atoms with Gasteiger partial charge in [-0.2, -0.15) is 8.42 Å². The van der Waals surface area contributed by atoms with Crippen molar-refractivity contribution in [3.05, 3.63) is 52.1 Å². The number of nitrogens with zero attached hydrogens (tertiary/aromatic N) is 4. The zero-order valence-electron chi connectivity index (χ0n) is 17.5. The predicted octanol–water partition coefficient (Wildman–Crippen LogP) is 0.544. The molecule has 3 aromatic carbocycles. The van der Waals surface area contributed by atoms with Gasteiger partial charge in [0.05, 0.1) is 10.6 Å². The largest absolute Gasteiger partial charge is 1.00 e. The predicted molar refractivity (Wildman–Crippen MR) is 112 cm³/mol. The third-order valence-corrected chi connectivity index (χ3v) is 5.16. The van der Waals surface area contributed by atoms with E-state index in [2.05, 4.69) is 15.2 Å². The molecule has 3 rings (SSSR count). The molecule has 3 N–H and O–H groups in total. The van der Waals surface area contributed by atoms with Crippen molar-refractivity contribution >= 4 is 49.5 Å². The summed E-state index contributed by atoms with van der Waals surface area (Å²) in [5, 5.41) is 50.3. The molecule has 33 heavy (non-hydrogen) atoms. The van der Waals surface area contributed by atoms with Crippen LogP contribution in [0.25, 0.3) is 10.8 Å². The average Bonchev–Trinajstić information content (AvgIpc) is 2.67. The molecule has 0 radical (unpaired) electrons. The molecule has 0 saturated carbocycles. The van der Waals surface area contributed by atoms with Crippen molar-refractivity contribution in [3.63, 3.8) is 0 Å². The van der Waals surface area contributed by atoms with Gasteiger partial charge >= 0.3 is 35.2 Å². The van der Waals surface area contributed by atoms with E-state index < -0.39 is 43.0 Å². The van der Waals surface area contributed by atoms with Crippen molar-refractivity contribution in [1.82, 2.24) is 0 Å². The normalized spacial score (nSPS) is 12.2. The third kappa shape index (κ3) is 5.64. The van der Waals surface area contributed by atoms with Crippen LogP contribution in [-0.2, 0) is 10.1 Å². The molecular weight excluding hydrogens is 467 g/mol. The van der Waals surface area contributed by atoms with Crippen molar-refractivity contribution in [2.45, 2.75) is 18.7 Å².